The van der Waals surface area contributed by atoms with E-state index in [9.17, 15) is 73.2 Å². The van der Waals surface area contributed by atoms with Gasteiger partial charge in [0.15, 0.2) is 0 Å². The first-order chi connectivity index (χ1) is 24.5. The summed E-state index contributed by atoms with van der Waals surface area (Å²) in [6.07, 6.45) is -3.93. The van der Waals surface area contributed by atoms with Crippen LogP contribution in [-0.4, -0.2) is 145 Å². The van der Waals surface area contributed by atoms with Crippen molar-refractivity contribution in [1.29, 1.82) is 0 Å². The number of amides is 6. The zero-order valence-electron chi connectivity index (χ0n) is 28.8. The Labute approximate surface area is 300 Å². The Morgan fingerprint density at radius 1 is 0.528 bits per heavy atom. The number of carboxylic acid groups (broad SMARTS) is 5. The third-order valence-electron chi connectivity index (χ3n) is 7.38. The number of aliphatic hydroxyl groups excluding tert-OH is 1. The van der Waals surface area contributed by atoms with Crippen LogP contribution in [0, 0.1) is 5.92 Å². The third kappa shape index (κ3) is 17.7. The summed E-state index contributed by atoms with van der Waals surface area (Å²) in [6, 6.07) is -12.1. The lowest BCUT2D eigenvalue weighted by molar-refractivity contribution is -0.144. The van der Waals surface area contributed by atoms with Gasteiger partial charge >= 0.3 is 29.8 Å². The molecule has 0 aliphatic carbocycles. The van der Waals surface area contributed by atoms with Crippen LogP contribution < -0.4 is 37.6 Å². The van der Waals surface area contributed by atoms with E-state index in [0.717, 1.165) is 6.92 Å². The second-order valence-corrected chi connectivity index (χ2v) is 11.7. The number of carbonyl (C=O) groups is 11. The minimum atomic E-state index is -1.97. The normalized spacial score (nSPS) is 15.3. The molecule has 0 radical (unpaired) electrons. The number of rotatable bonds is 25. The molecule has 0 aliphatic heterocycles. The summed E-state index contributed by atoms with van der Waals surface area (Å²) in [5.41, 5.74) is 5.58. The molecule has 0 fully saturated rings. The maximum Gasteiger partial charge on any atom is 0.328 e. The molecule has 0 aliphatic rings. The molecule has 0 bridgehead atoms. The van der Waals surface area contributed by atoms with Crippen LogP contribution in [0.15, 0.2) is 0 Å². The molecule has 0 spiro atoms. The molecular formula is C29H45N7O17. The van der Waals surface area contributed by atoms with Crippen molar-refractivity contribution in [2.75, 3.05) is 6.61 Å². The van der Waals surface area contributed by atoms with Gasteiger partial charge in [-0.25, -0.2) is 4.79 Å². The smallest absolute Gasteiger partial charge is 0.328 e. The predicted octanol–water partition coefficient (Wildman–Crippen LogP) is -5.35. The van der Waals surface area contributed by atoms with E-state index in [1.165, 1.54) is 6.92 Å². The first-order valence-corrected chi connectivity index (χ1v) is 15.8. The van der Waals surface area contributed by atoms with E-state index < -0.39 is 146 Å². The highest BCUT2D eigenvalue weighted by Crippen LogP contribution is 2.10. The standard InChI is InChI=1S/C29H45N7O17/c1-4-11(2)22(28(51)34-16(9-21(44)45)27(50)35-17(10-37)29(52)53)36-23(46)12(3)31-25(48)14(7-19(40)41)33-26(49)15(8-20(42)43)32-24(47)13(30)5-6-18(38)39/h11-17,22,37H,4-10,30H2,1-3H3,(H,31,48)(H,32,47)(H,33,49)(H,34,51)(H,35,50)(H,36,46)(H,38,39)(H,40,41)(H,42,43)(H,44,45)(H,52,53)/t11-,12-,13-,14-,15-,16-,17-,22-/m0/s1. The second-order valence-electron chi connectivity index (χ2n) is 11.7. The number of aliphatic carboxylic acids is 5. The molecule has 14 N–H and O–H groups in total. The Kier molecular flexibility index (Phi) is 20.3. The van der Waals surface area contributed by atoms with Gasteiger partial charge in [0.2, 0.25) is 35.4 Å². The second kappa shape index (κ2) is 22.8. The van der Waals surface area contributed by atoms with Crippen LogP contribution in [0.1, 0.15) is 59.3 Å². The lowest BCUT2D eigenvalue weighted by Crippen LogP contribution is -2.60. The Hall–Kier alpha value is -5.91. The number of hydrogen-bond donors (Lipinski definition) is 13. The summed E-state index contributed by atoms with van der Waals surface area (Å²) in [5, 5.41) is 67.1. The van der Waals surface area contributed by atoms with E-state index in [4.69, 9.17) is 15.9 Å². The average molecular weight is 764 g/mol. The Morgan fingerprint density at radius 2 is 0.925 bits per heavy atom. The van der Waals surface area contributed by atoms with Gasteiger partial charge in [-0.1, -0.05) is 20.3 Å². The average Bonchev–Trinajstić information content (AvgIpc) is 3.05. The van der Waals surface area contributed by atoms with Gasteiger partial charge in [-0.3, -0.25) is 47.9 Å². The summed E-state index contributed by atoms with van der Waals surface area (Å²) in [5.74, 6) is -15.7. The van der Waals surface area contributed by atoms with Crippen molar-refractivity contribution < 1.29 is 83.4 Å². The number of carbonyl (C=O) groups excluding carboxylic acids is 6. The maximum atomic E-state index is 13.2. The predicted molar refractivity (Wildman–Crippen MR) is 173 cm³/mol. The molecule has 24 heteroatoms. The van der Waals surface area contributed by atoms with Crippen molar-refractivity contribution in [2.24, 2.45) is 11.7 Å². The number of carboxylic acids is 5. The van der Waals surface area contributed by atoms with E-state index in [0.29, 0.717) is 0 Å². The molecule has 24 nitrogen and oxygen atoms in total. The molecule has 0 aromatic carbocycles. The SMILES string of the molecule is CC[C@H](C)[C@H](NC(=O)[C@H](C)NC(=O)[C@H](CC(=O)O)NC(=O)[C@H](CC(=O)O)NC(=O)[C@@H](N)CCC(=O)O)C(=O)N[C@@H](CC(=O)O)C(=O)N[C@@H](CO)C(=O)O. The fourth-order valence-corrected chi connectivity index (χ4v) is 4.19. The van der Waals surface area contributed by atoms with E-state index in [1.807, 2.05) is 16.0 Å². The summed E-state index contributed by atoms with van der Waals surface area (Å²) >= 11 is 0. The van der Waals surface area contributed by atoms with Gasteiger partial charge in [0.25, 0.3) is 0 Å². The molecule has 0 aromatic heterocycles. The Morgan fingerprint density at radius 3 is 1.30 bits per heavy atom. The van der Waals surface area contributed by atoms with Gasteiger partial charge in [-0.2, -0.15) is 0 Å². The molecule has 0 rings (SSSR count). The molecular weight excluding hydrogens is 718 g/mol. The lowest BCUT2D eigenvalue weighted by Gasteiger charge is -2.28. The highest BCUT2D eigenvalue weighted by atomic mass is 16.4. The molecule has 298 valence electrons. The van der Waals surface area contributed by atoms with Crippen molar-refractivity contribution in [3.05, 3.63) is 0 Å². The van der Waals surface area contributed by atoms with Gasteiger partial charge in [0, 0.05) is 6.42 Å². The van der Waals surface area contributed by atoms with Crippen LogP contribution in [0.3, 0.4) is 0 Å². The van der Waals surface area contributed by atoms with Crippen molar-refractivity contribution in [1.82, 2.24) is 31.9 Å². The molecule has 0 saturated carbocycles. The van der Waals surface area contributed by atoms with Crippen molar-refractivity contribution in [3.8, 4) is 0 Å². The number of hydrogen-bond acceptors (Lipinski definition) is 13. The quantitative estimate of drug-likeness (QED) is 0.0413. The first-order valence-electron chi connectivity index (χ1n) is 15.8. The summed E-state index contributed by atoms with van der Waals surface area (Å²) in [7, 11) is 0. The maximum absolute atomic E-state index is 13.2. The number of nitrogens with one attached hydrogen (secondary N) is 6. The van der Waals surface area contributed by atoms with Crippen LogP contribution in [0.5, 0.6) is 0 Å². The van der Waals surface area contributed by atoms with Crippen molar-refractivity contribution >= 4 is 65.3 Å². The lowest BCUT2D eigenvalue weighted by atomic mass is 9.97. The largest absolute Gasteiger partial charge is 0.481 e. The minimum absolute atomic E-state index is 0.214. The van der Waals surface area contributed by atoms with Crippen molar-refractivity contribution in [3.63, 3.8) is 0 Å². The third-order valence-corrected chi connectivity index (χ3v) is 7.38. The van der Waals surface area contributed by atoms with Gasteiger partial charge in [0.05, 0.1) is 31.9 Å². The fraction of sp³-hybridized carbons (Fsp3) is 0.621. The van der Waals surface area contributed by atoms with Crippen LogP contribution in [-0.2, 0) is 52.7 Å². The van der Waals surface area contributed by atoms with Crippen LogP contribution in [0.25, 0.3) is 0 Å². The highest BCUT2D eigenvalue weighted by molar-refractivity contribution is 5.99. The van der Waals surface area contributed by atoms with Gasteiger partial charge in [-0.05, 0) is 19.3 Å². The van der Waals surface area contributed by atoms with Gasteiger partial charge < -0.3 is 68.3 Å². The molecule has 8 atom stereocenters. The van der Waals surface area contributed by atoms with E-state index in [-0.39, 0.29) is 12.8 Å². The molecule has 0 aromatic rings. The zero-order chi connectivity index (χ0) is 41.2. The summed E-state index contributed by atoms with van der Waals surface area (Å²) in [4.78, 5) is 133. The van der Waals surface area contributed by atoms with E-state index >= 15 is 0 Å². The molecule has 0 saturated heterocycles. The van der Waals surface area contributed by atoms with Crippen LogP contribution in [0.2, 0.25) is 0 Å². The topological polar surface area (TPSA) is 407 Å². The summed E-state index contributed by atoms with van der Waals surface area (Å²) < 4.78 is 0. The zero-order valence-corrected chi connectivity index (χ0v) is 28.8. The van der Waals surface area contributed by atoms with Gasteiger partial charge in [-0.15, -0.1) is 0 Å². The van der Waals surface area contributed by atoms with E-state index in [1.54, 1.807) is 6.92 Å². The first kappa shape index (κ1) is 47.1. The molecule has 0 unspecified atom stereocenters. The van der Waals surface area contributed by atoms with Gasteiger partial charge in [0.1, 0.15) is 36.3 Å². The van der Waals surface area contributed by atoms with Crippen LogP contribution in [0.4, 0.5) is 0 Å². The van der Waals surface area contributed by atoms with Crippen molar-refractivity contribution in [2.45, 2.75) is 102 Å². The number of aliphatic hydroxyl groups is 1. The monoisotopic (exact) mass is 763 g/mol. The molecule has 53 heavy (non-hydrogen) atoms. The highest BCUT2D eigenvalue weighted by Gasteiger charge is 2.35. The molecule has 6 amide bonds. The van der Waals surface area contributed by atoms with Crippen LogP contribution >= 0.6 is 0 Å². The molecule has 0 heterocycles. The Balaban J connectivity index is 5.97. The van der Waals surface area contributed by atoms with E-state index in [2.05, 4.69) is 16.0 Å². The fourth-order valence-electron chi connectivity index (χ4n) is 4.19. The Bertz CT molecular complexity index is 1410. The summed E-state index contributed by atoms with van der Waals surface area (Å²) in [6.45, 7) is 3.11. The minimum Gasteiger partial charge on any atom is -0.481 e. The number of nitrogens with two attached hydrogens (primary N) is 1.